The first-order valence-corrected chi connectivity index (χ1v) is 5.28. The van der Waals surface area contributed by atoms with E-state index in [-0.39, 0.29) is 5.57 Å². The molecule has 1 nitrogen and oxygen atoms in total. The molecule has 0 unspecified atom stereocenters. The summed E-state index contributed by atoms with van der Waals surface area (Å²) >= 11 is 0. The van der Waals surface area contributed by atoms with E-state index in [9.17, 15) is 13.2 Å². The number of nitrogens with zero attached hydrogens (tertiary/aromatic N) is 1. The van der Waals surface area contributed by atoms with Gasteiger partial charge in [-0.05, 0) is 38.5 Å². The standard InChI is InChI=1S/C13H16F3N/c1-9(2)12(13(14,15)16)17(4)11-7-5-10(3)6-8-11/h5-8H,1-4H3. The summed E-state index contributed by atoms with van der Waals surface area (Å²) in [5, 5.41) is 0. The molecule has 0 aliphatic rings. The summed E-state index contributed by atoms with van der Waals surface area (Å²) in [5.41, 5.74) is 1.19. The van der Waals surface area contributed by atoms with Crippen LogP contribution < -0.4 is 4.90 Å². The van der Waals surface area contributed by atoms with Crippen molar-refractivity contribution in [3.8, 4) is 0 Å². The highest BCUT2D eigenvalue weighted by Crippen LogP contribution is 2.33. The third-order valence-corrected chi connectivity index (χ3v) is 2.50. The molecular weight excluding hydrogens is 227 g/mol. The number of rotatable bonds is 2. The summed E-state index contributed by atoms with van der Waals surface area (Å²) in [6.07, 6.45) is -4.33. The van der Waals surface area contributed by atoms with Crippen molar-refractivity contribution in [2.75, 3.05) is 11.9 Å². The van der Waals surface area contributed by atoms with Gasteiger partial charge in [0.25, 0.3) is 0 Å². The van der Waals surface area contributed by atoms with Gasteiger partial charge in [-0.2, -0.15) is 13.2 Å². The van der Waals surface area contributed by atoms with Gasteiger partial charge in [0.1, 0.15) is 5.70 Å². The minimum absolute atomic E-state index is 0.251. The van der Waals surface area contributed by atoms with Crippen LogP contribution >= 0.6 is 0 Å². The SMILES string of the molecule is CC(C)=C(N(C)c1ccc(C)cc1)C(F)(F)F. The maximum atomic E-state index is 12.9. The van der Waals surface area contributed by atoms with Gasteiger partial charge in [-0.15, -0.1) is 0 Å². The van der Waals surface area contributed by atoms with Gasteiger partial charge >= 0.3 is 6.18 Å². The van der Waals surface area contributed by atoms with Crippen molar-refractivity contribution in [3.05, 3.63) is 41.1 Å². The van der Waals surface area contributed by atoms with E-state index >= 15 is 0 Å². The van der Waals surface area contributed by atoms with E-state index in [1.807, 2.05) is 6.92 Å². The topological polar surface area (TPSA) is 3.24 Å². The molecule has 0 saturated carbocycles. The molecule has 0 radical (unpaired) electrons. The summed E-state index contributed by atoms with van der Waals surface area (Å²) in [7, 11) is 1.43. The Labute approximate surface area is 99.6 Å². The second-order valence-corrected chi connectivity index (χ2v) is 4.24. The quantitative estimate of drug-likeness (QED) is 0.749. The molecule has 0 aliphatic heterocycles. The molecule has 1 rings (SSSR count). The van der Waals surface area contributed by atoms with Crippen molar-refractivity contribution < 1.29 is 13.2 Å². The Balaban J connectivity index is 3.15. The molecule has 94 valence electrons. The number of hydrogen-bond donors (Lipinski definition) is 0. The number of allylic oxidation sites excluding steroid dienone is 2. The molecule has 0 spiro atoms. The average molecular weight is 243 g/mol. The van der Waals surface area contributed by atoms with E-state index in [2.05, 4.69) is 0 Å². The zero-order valence-corrected chi connectivity index (χ0v) is 10.4. The first kappa shape index (κ1) is 13.6. The van der Waals surface area contributed by atoms with Crippen molar-refractivity contribution in [1.82, 2.24) is 0 Å². The zero-order valence-electron chi connectivity index (χ0n) is 10.4. The number of aryl methyl sites for hydroxylation is 1. The van der Waals surface area contributed by atoms with Crippen molar-refractivity contribution in [2.24, 2.45) is 0 Å². The van der Waals surface area contributed by atoms with Crippen LogP contribution in [0.3, 0.4) is 0 Å². The van der Waals surface area contributed by atoms with Crippen molar-refractivity contribution >= 4 is 5.69 Å². The molecule has 0 aliphatic carbocycles. The van der Waals surface area contributed by atoms with Gasteiger partial charge in [-0.25, -0.2) is 0 Å². The molecule has 1 aromatic carbocycles. The minimum atomic E-state index is -4.33. The van der Waals surface area contributed by atoms with Crippen LogP contribution in [0.25, 0.3) is 0 Å². The molecule has 0 fully saturated rings. The summed E-state index contributed by atoms with van der Waals surface area (Å²) < 4.78 is 38.7. The van der Waals surface area contributed by atoms with Crippen LogP contribution in [0.2, 0.25) is 0 Å². The smallest absolute Gasteiger partial charge is 0.341 e. The first-order valence-electron chi connectivity index (χ1n) is 5.28. The lowest BCUT2D eigenvalue weighted by molar-refractivity contribution is -0.0937. The molecular formula is C13H16F3N. The fourth-order valence-corrected chi connectivity index (χ4v) is 1.71. The van der Waals surface area contributed by atoms with E-state index in [1.165, 1.54) is 25.8 Å². The minimum Gasteiger partial charge on any atom is -0.341 e. The highest BCUT2D eigenvalue weighted by molar-refractivity contribution is 5.53. The van der Waals surface area contributed by atoms with Gasteiger partial charge in [0.05, 0.1) is 0 Å². The van der Waals surface area contributed by atoms with Crippen LogP contribution in [-0.4, -0.2) is 13.2 Å². The maximum absolute atomic E-state index is 12.9. The number of anilines is 1. The fourth-order valence-electron chi connectivity index (χ4n) is 1.71. The molecule has 1 aromatic rings. The van der Waals surface area contributed by atoms with Crippen LogP contribution in [0.1, 0.15) is 19.4 Å². The molecule has 0 aromatic heterocycles. The molecule has 0 N–H and O–H groups in total. The predicted octanol–water partition coefficient (Wildman–Crippen LogP) is 4.29. The Morgan fingerprint density at radius 3 is 1.88 bits per heavy atom. The van der Waals surface area contributed by atoms with Gasteiger partial charge < -0.3 is 4.90 Å². The molecule has 4 heteroatoms. The van der Waals surface area contributed by atoms with Gasteiger partial charge in [-0.1, -0.05) is 17.7 Å². The van der Waals surface area contributed by atoms with Gasteiger partial charge in [-0.3, -0.25) is 0 Å². The van der Waals surface area contributed by atoms with E-state index in [0.29, 0.717) is 5.69 Å². The monoisotopic (exact) mass is 243 g/mol. The van der Waals surface area contributed by atoms with Gasteiger partial charge in [0, 0.05) is 12.7 Å². The lowest BCUT2D eigenvalue weighted by Crippen LogP contribution is -2.29. The van der Waals surface area contributed by atoms with Crippen LogP contribution in [0.5, 0.6) is 0 Å². The van der Waals surface area contributed by atoms with E-state index < -0.39 is 11.9 Å². The van der Waals surface area contributed by atoms with Crippen LogP contribution in [0.15, 0.2) is 35.5 Å². The highest BCUT2D eigenvalue weighted by atomic mass is 19.4. The van der Waals surface area contributed by atoms with E-state index in [0.717, 1.165) is 5.56 Å². The van der Waals surface area contributed by atoms with Gasteiger partial charge in [0.2, 0.25) is 0 Å². The first-order chi connectivity index (χ1) is 7.73. The van der Waals surface area contributed by atoms with Crippen molar-refractivity contribution in [1.29, 1.82) is 0 Å². The Morgan fingerprint density at radius 1 is 1.06 bits per heavy atom. The summed E-state index contributed by atoms with van der Waals surface area (Å²) in [4.78, 5) is 1.18. The zero-order chi connectivity index (χ0) is 13.2. The molecule has 0 amide bonds. The number of alkyl halides is 3. The van der Waals surface area contributed by atoms with Crippen molar-refractivity contribution in [2.45, 2.75) is 26.9 Å². The second-order valence-electron chi connectivity index (χ2n) is 4.24. The predicted molar refractivity (Wildman–Crippen MR) is 64.0 cm³/mol. The Bertz CT molecular complexity index is 411. The largest absolute Gasteiger partial charge is 0.431 e. The van der Waals surface area contributed by atoms with Crippen LogP contribution in [0.4, 0.5) is 18.9 Å². The summed E-state index contributed by atoms with van der Waals surface area (Å²) in [6, 6.07) is 6.96. The second kappa shape index (κ2) is 4.82. The number of hydrogen-bond acceptors (Lipinski definition) is 1. The molecule has 0 saturated heterocycles. The highest BCUT2D eigenvalue weighted by Gasteiger charge is 2.37. The normalized spacial score (nSPS) is 11.2. The molecule has 0 bridgehead atoms. The number of benzene rings is 1. The lowest BCUT2D eigenvalue weighted by Gasteiger charge is -2.26. The van der Waals surface area contributed by atoms with E-state index in [1.54, 1.807) is 24.3 Å². The maximum Gasteiger partial charge on any atom is 0.431 e. The summed E-state index contributed by atoms with van der Waals surface area (Å²) in [6.45, 7) is 4.83. The van der Waals surface area contributed by atoms with Gasteiger partial charge in [0.15, 0.2) is 0 Å². The average Bonchev–Trinajstić information content (AvgIpc) is 2.15. The summed E-state index contributed by atoms with van der Waals surface area (Å²) in [5.74, 6) is 0. The fraction of sp³-hybridized carbons (Fsp3) is 0.385. The van der Waals surface area contributed by atoms with Crippen LogP contribution in [0, 0.1) is 6.92 Å². The Hall–Kier alpha value is -1.45. The lowest BCUT2D eigenvalue weighted by atomic mass is 10.1. The van der Waals surface area contributed by atoms with Crippen LogP contribution in [-0.2, 0) is 0 Å². The Kier molecular flexibility index (Phi) is 3.86. The molecule has 0 heterocycles. The number of halogens is 3. The molecule has 17 heavy (non-hydrogen) atoms. The Morgan fingerprint density at radius 2 is 1.53 bits per heavy atom. The third kappa shape index (κ3) is 3.25. The third-order valence-electron chi connectivity index (χ3n) is 2.50. The van der Waals surface area contributed by atoms with Crippen molar-refractivity contribution in [3.63, 3.8) is 0 Å². The molecule has 0 atom stereocenters. The van der Waals surface area contributed by atoms with E-state index in [4.69, 9.17) is 0 Å².